The zero-order valence-corrected chi connectivity index (χ0v) is 12.8. The predicted octanol–water partition coefficient (Wildman–Crippen LogP) is 2.13. The van der Waals surface area contributed by atoms with Gasteiger partial charge in [-0.05, 0) is 38.3 Å². The van der Waals surface area contributed by atoms with E-state index in [1.165, 1.54) is 16.4 Å². The molecular weight excluding hydrogens is 294 g/mol. The lowest BCUT2D eigenvalue weighted by Gasteiger charge is -2.26. The summed E-state index contributed by atoms with van der Waals surface area (Å²) >= 11 is 0. The van der Waals surface area contributed by atoms with Gasteiger partial charge in [-0.1, -0.05) is 6.92 Å². The smallest absolute Gasteiger partial charge is 0.291 e. The molecule has 116 valence electrons. The molecule has 0 bridgehead atoms. The van der Waals surface area contributed by atoms with Crippen LogP contribution < -0.4 is 5.73 Å². The third-order valence-electron chi connectivity index (χ3n) is 3.92. The second-order valence-corrected chi connectivity index (χ2v) is 7.12. The Hall–Kier alpha value is -1.67. The first kappa shape index (κ1) is 15.7. The summed E-state index contributed by atoms with van der Waals surface area (Å²) < 4.78 is 27.1. The number of benzene rings is 1. The van der Waals surface area contributed by atoms with Crippen LogP contribution in [0.5, 0.6) is 0 Å². The second kappa shape index (κ2) is 5.61. The Morgan fingerprint density at radius 3 is 2.67 bits per heavy atom. The highest BCUT2D eigenvalue weighted by Crippen LogP contribution is 2.36. The zero-order valence-electron chi connectivity index (χ0n) is 12.0. The molecule has 2 rings (SSSR count). The normalized spacial score (nSPS) is 23.3. The fraction of sp³-hybridized carbons (Fsp3) is 0.538. The first-order valence-electron chi connectivity index (χ1n) is 6.86. The molecule has 2 N–H and O–H groups in total. The summed E-state index contributed by atoms with van der Waals surface area (Å²) in [7, 11) is -3.91. The quantitative estimate of drug-likeness (QED) is 0.520. The predicted molar refractivity (Wildman–Crippen MR) is 79.3 cm³/mol. The van der Waals surface area contributed by atoms with Gasteiger partial charge in [-0.25, -0.2) is 8.42 Å². The standard InChI is InChI=1S/C13H19N3O4S/c1-3-11-6-4-9(2)15(11)21(19,20)13-7-5-10(14)8-12(13)16(17)18/h5,7-9,11H,3-4,6,14H2,1-2H3. The molecule has 2 atom stereocenters. The monoisotopic (exact) mass is 313 g/mol. The first-order chi connectivity index (χ1) is 9.78. The van der Waals surface area contributed by atoms with E-state index >= 15 is 0 Å². The molecule has 1 saturated heterocycles. The number of nitrogens with zero attached hydrogens (tertiary/aromatic N) is 2. The van der Waals surface area contributed by atoms with Crippen LogP contribution in [0.4, 0.5) is 11.4 Å². The summed E-state index contributed by atoms with van der Waals surface area (Å²) in [6.07, 6.45) is 2.23. The minimum atomic E-state index is -3.91. The van der Waals surface area contributed by atoms with E-state index < -0.39 is 20.6 Å². The summed E-state index contributed by atoms with van der Waals surface area (Å²) in [6.45, 7) is 3.75. The molecule has 0 amide bonds. The molecule has 0 spiro atoms. The molecule has 1 aliphatic rings. The van der Waals surface area contributed by atoms with Gasteiger partial charge >= 0.3 is 0 Å². The van der Waals surface area contributed by atoms with E-state index in [-0.39, 0.29) is 22.7 Å². The maximum absolute atomic E-state index is 12.8. The largest absolute Gasteiger partial charge is 0.399 e. The number of nitro benzene ring substituents is 1. The highest BCUT2D eigenvalue weighted by atomic mass is 32.2. The molecule has 21 heavy (non-hydrogen) atoms. The van der Waals surface area contributed by atoms with Crippen molar-refractivity contribution in [2.75, 3.05) is 5.73 Å². The molecule has 0 radical (unpaired) electrons. The molecule has 7 nitrogen and oxygen atoms in total. The fourth-order valence-corrected chi connectivity index (χ4v) is 4.97. The van der Waals surface area contributed by atoms with Gasteiger partial charge < -0.3 is 5.73 Å². The highest BCUT2D eigenvalue weighted by molar-refractivity contribution is 7.89. The minimum absolute atomic E-state index is 0.109. The van der Waals surface area contributed by atoms with Crippen LogP contribution in [-0.2, 0) is 10.0 Å². The molecule has 0 aromatic heterocycles. The van der Waals surface area contributed by atoms with Crippen molar-refractivity contribution in [1.82, 2.24) is 4.31 Å². The number of nitro groups is 1. The van der Waals surface area contributed by atoms with E-state index in [0.717, 1.165) is 18.9 Å². The van der Waals surface area contributed by atoms with Crippen LogP contribution in [0.15, 0.2) is 23.1 Å². The average Bonchev–Trinajstić information content (AvgIpc) is 2.80. The van der Waals surface area contributed by atoms with Gasteiger partial charge in [0.25, 0.3) is 5.69 Å². The Morgan fingerprint density at radius 1 is 1.43 bits per heavy atom. The first-order valence-corrected chi connectivity index (χ1v) is 8.30. The summed E-state index contributed by atoms with van der Waals surface area (Å²) in [6, 6.07) is 3.43. The maximum Gasteiger partial charge on any atom is 0.291 e. The van der Waals surface area contributed by atoms with Crippen molar-refractivity contribution in [3.05, 3.63) is 28.3 Å². The van der Waals surface area contributed by atoms with E-state index in [1.54, 1.807) is 0 Å². The summed E-state index contributed by atoms with van der Waals surface area (Å²) in [5.74, 6) is 0. The van der Waals surface area contributed by atoms with Gasteiger partial charge in [-0.15, -0.1) is 0 Å². The third-order valence-corrected chi connectivity index (χ3v) is 6.03. The number of rotatable bonds is 4. The van der Waals surface area contributed by atoms with E-state index in [9.17, 15) is 18.5 Å². The van der Waals surface area contributed by atoms with Gasteiger partial charge in [0.15, 0.2) is 4.90 Å². The Bertz CT molecular complexity index is 659. The van der Waals surface area contributed by atoms with E-state index in [2.05, 4.69) is 0 Å². The molecule has 1 aromatic carbocycles. The number of sulfonamides is 1. The molecule has 2 unspecified atom stereocenters. The molecule has 1 heterocycles. The maximum atomic E-state index is 12.8. The van der Waals surface area contributed by atoms with E-state index in [4.69, 9.17) is 5.73 Å². The fourth-order valence-electron chi connectivity index (χ4n) is 2.87. The van der Waals surface area contributed by atoms with Crippen molar-refractivity contribution >= 4 is 21.4 Å². The summed E-state index contributed by atoms with van der Waals surface area (Å²) in [4.78, 5) is 10.1. The van der Waals surface area contributed by atoms with Gasteiger partial charge in [-0.2, -0.15) is 4.31 Å². The van der Waals surface area contributed by atoms with Gasteiger partial charge in [0, 0.05) is 23.8 Å². The topological polar surface area (TPSA) is 107 Å². The van der Waals surface area contributed by atoms with Crippen molar-refractivity contribution < 1.29 is 13.3 Å². The molecule has 0 saturated carbocycles. The molecular formula is C13H19N3O4S. The number of anilines is 1. The lowest BCUT2D eigenvalue weighted by Crippen LogP contribution is -2.39. The lowest BCUT2D eigenvalue weighted by atomic mass is 10.2. The number of nitrogens with two attached hydrogens (primary N) is 1. The number of nitrogen functional groups attached to an aromatic ring is 1. The summed E-state index contributed by atoms with van der Waals surface area (Å²) in [5.41, 5.74) is 5.23. The lowest BCUT2D eigenvalue weighted by molar-refractivity contribution is -0.387. The van der Waals surface area contributed by atoms with Gasteiger partial charge in [0.2, 0.25) is 10.0 Å². The molecule has 8 heteroatoms. The Kier molecular flexibility index (Phi) is 4.20. The van der Waals surface area contributed by atoms with Crippen LogP contribution >= 0.6 is 0 Å². The molecule has 1 fully saturated rings. The minimum Gasteiger partial charge on any atom is -0.399 e. The Balaban J connectivity index is 2.57. The highest BCUT2D eigenvalue weighted by Gasteiger charge is 2.41. The van der Waals surface area contributed by atoms with Gasteiger partial charge in [0.1, 0.15) is 0 Å². The van der Waals surface area contributed by atoms with Crippen LogP contribution in [-0.4, -0.2) is 29.7 Å². The van der Waals surface area contributed by atoms with E-state index in [1.807, 2.05) is 13.8 Å². The average molecular weight is 313 g/mol. The molecule has 0 aliphatic carbocycles. The van der Waals surface area contributed by atoms with Crippen LogP contribution in [0, 0.1) is 10.1 Å². The number of hydrogen-bond donors (Lipinski definition) is 1. The van der Waals surface area contributed by atoms with Crippen LogP contribution in [0.2, 0.25) is 0 Å². The van der Waals surface area contributed by atoms with Crippen molar-refractivity contribution in [2.24, 2.45) is 0 Å². The van der Waals surface area contributed by atoms with Crippen molar-refractivity contribution in [3.63, 3.8) is 0 Å². The van der Waals surface area contributed by atoms with Crippen LogP contribution in [0.3, 0.4) is 0 Å². The zero-order chi connectivity index (χ0) is 15.8. The molecule has 1 aliphatic heterocycles. The van der Waals surface area contributed by atoms with Crippen molar-refractivity contribution in [2.45, 2.75) is 50.1 Å². The Labute approximate surface area is 123 Å². The van der Waals surface area contributed by atoms with Gasteiger partial charge in [-0.3, -0.25) is 10.1 Å². The third kappa shape index (κ3) is 2.73. The van der Waals surface area contributed by atoms with Crippen LogP contribution in [0.1, 0.15) is 33.1 Å². The SMILES string of the molecule is CCC1CCC(C)N1S(=O)(=O)c1ccc(N)cc1[N+](=O)[O-]. The molecule has 1 aromatic rings. The van der Waals surface area contributed by atoms with Crippen molar-refractivity contribution in [1.29, 1.82) is 0 Å². The van der Waals surface area contributed by atoms with Gasteiger partial charge in [0.05, 0.1) is 4.92 Å². The Morgan fingerprint density at radius 2 is 2.10 bits per heavy atom. The second-order valence-electron chi connectivity index (χ2n) is 5.31. The van der Waals surface area contributed by atoms with Crippen molar-refractivity contribution in [3.8, 4) is 0 Å². The summed E-state index contributed by atoms with van der Waals surface area (Å²) in [5, 5.41) is 11.1. The van der Waals surface area contributed by atoms with Crippen LogP contribution in [0.25, 0.3) is 0 Å². The van der Waals surface area contributed by atoms with E-state index in [0.29, 0.717) is 6.42 Å². The number of hydrogen-bond acceptors (Lipinski definition) is 5.